The second-order valence-corrected chi connectivity index (χ2v) is 9.26. The lowest BCUT2D eigenvalue weighted by atomic mass is 10.1. The highest BCUT2D eigenvalue weighted by Gasteiger charge is 2.08. The van der Waals surface area contributed by atoms with Gasteiger partial charge in [-0.25, -0.2) is 4.79 Å². The Morgan fingerprint density at radius 3 is 1.79 bits per heavy atom. The van der Waals surface area contributed by atoms with Gasteiger partial charge in [0.25, 0.3) is 0 Å². The molecule has 39 heavy (non-hydrogen) atoms. The zero-order chi connectivity index (χ0) is 26.7. The Kier molecular flexibility index (Phi) is 8.90. The molecule has 1 heterocycles. The largest absolute Gasteiger partial charge is 0.492 e. The van der Waals surface area contributed by atoms with Crippen molar-refractivity contribution < 1.29 is 9.47 Å². The SMILES string of the molecule is O=c1n(-c2ccc(OCCNCCCCc3ccccc3)cc2)ccn1-c1ccc(Oc2ccccc2)cc1. The Labute approximate surface area is 229 Å². The number of para-hydroxylation sites is 1. The highest BCUT2D eigenvalue weighted by Crippen LogP contribution is 2.22. The fourth-order valence-electron chi connectivity index (χ4n) is 4.36. The maximum absolute atomic E-state index is 13.1. The fourth-order valence-corrected chi connectivity index (χ4v) is 4.36. The highest BCUT2D eigenvalue weighted by atomic mass is 16.5. The molecule has 6 nitrogen and oxygen atoms in total. The van der Waals surface area contributed by atoms with E-state index in [4.69, 9.17) is 9.47 Å². The van der Waals surface area contributed by atoms with Crippen LogP contribution < -0.4 is 20.5 Å². The summed E-state index contributed by atoms with van der Waals surface area (Å²) in [7, 11) is 0. The van der Waals surface area contributed by atoms with Crippen molar-refractivity contribution in [3.05, 3.63) is 138 Å². The van der Waals surface area contributed by atoms with Crippen LogP contribution in [0.1, 0.15) is 18.4 Å². The number of ether oxygens (including phenoxy) is 2. The van der Waals surface area contributed by atoms with Gasteiger partial charge < -0.3 is 14.8 Å². The van der Waals surface area contributed by atoms with Crippen LogP contribution in [0.15, 0.2) is 126 Å². The molecule has 5 rings (SSSR count). The van der Waals surface area contributed by atoms with Crippen molar-refractivity contribution in [2.45, 2.75) is 19.3 Å². The first-order valence-electron chi connectivity index (χ1n) is 13.4. The van der Waals surface area contributed by atoms with Crippen LogP contribution in [0, 0.1) is 0 Å². The topological polar surface area (TPSA) is 57.4 Å². The van der Waals surface area contributed by atoms with Gasteiger partial charge in [-0.1, -0.05) is 48.5 Å². The molecule has 5 aromatic rings. The van der Waals surface area contributed by atoms with Crippen LogP contribution in [0.3, 0.4) is 0 Å². The number of aromatic nitrogens is 2. The zero-order valence-electron chi connectivity index (χ0n) is 21.9. The Balaban J connectivity index is 1.07. The number of hydrogen-bond donors (Lipinski definition) is 1. The minimum atomic E-state index is -0.142. The summed E-state index contributed by atoms with van der Waals surface area (Å²) >= 11 is 0. The Bertz CT molecular complexity index is 1480. The highest BCUT2D eigenvalue weighted by molar-refractivity contribution is 5.41. The Morgan fingerprint density at radius 2 is 1.15 bits per heavy atom. The van der Waals surface area contributed by atoms with Crippen LogP contribution in [-0.2, 0) is 6.42 Å². The molecule has 0 unspecified atom stereocenters. The maximum Gasteiger partial charge on any atom is 0.337 e. The molecule has 0 fully saturated rings. The minimum absolute atomic E-state index is 0.142. The molecule has 198 valence electrons. The lowest BCUT2D eigenvalue weighted by molar-refractivity contribution is 0.313. The third-order valence-electron chi connectivity index (χ3n) is 6.45. The molecule has 0 amide bonds. The van der Waals surface area contributed by atoms with Gasteiger partial charge in [0, 0.05) is 18.9 Å². The van der Waals surface area contributed by atoms with E-state index in [9.17, 15) is 4.79 Å². The van der Waals surface area contributed by atoms with Gasteiger partial charge in [-0.05, 0) is 92.0 Å². The molecule has 0 atom stereocenters. The molecule has 4 aromatic carbocycles. The minimum Gasteiger partial charge on any atom is -0.492 e. The molecule has 1 aromatic heterocycles. The van der Waals surface area contributed by atoms with Gasteiger partial charge in [0.15, 0.2) is 0 Å². The predicted molar refractivity (Wildman–Crippen MR) is 156 cm³/mol. The first-order valence-corrected chi connectivity index (χ1v) is 13.4. The van der Waals surface area contributed by atoms with Crippen LogP contribution >= 0.6 is 0 Å². The van der Waals surface area contributed by atoms with E-state index in [1.807, 2.05) is 78.9 Å². The lowest BCUT2D eigenvalue weighted by Crippen LogP contribution is -2.22. The quantitative estimate of drug-likeness (QED) is 0.183. The van der Waals surface area contributed by atoms with Crippen molar-refractivity contribution in [2.75, 3.05) is 19.7 Å². The van der Waals surface area contributed by atoms with Gasteiger partial charge in [0.1, 0.15) is 23.9 Å². The fraction of sp³-hybridized carbons (Fsp3) is 0.182. The normalized spacial score (nSPS) is 10.9. The Morgan fingerprint density at radius 1 is 0.590 bits per heavy atom. The van der Waals surface area contributed by atoms with E-state index < -0.39 is 0 Å². The average molecular weight is 520 g/mol. The van der Waals surface area contributed by atoms with E-state index in [-0.39, 0.29) is 5.69 Å². The van der Waals surface area contributed by atoms with E-state index >= 15 is 0 Å². The molecule has 0 radical (unpaired) electrons. The molecule has 0 saturated carbocycles. The van der Waals surface area contributed by atoms with Crippen LogP contribution in [0.5, 0.6) is 17.2 Å². The van der Waals surface area contributed by atoms with Crippen molar-refractivity contribution in [1.82, 2.24) is 14.5 Å². The zero-order valence-corrected chi connectivity index (χ0v) is 21.9. The van der Waals surface area contributed by atoms with Crippen molar-refractivity contribution >= 4 is 0 Å². The molecule has 0 aliphatic heterocycles. The van der Waals surface area contributed by atoms with Gasteiger partial charge in [-0.15, -0.1) is 0 Å². The smallest absolute Gasteiger partial charge is 0.337 e. The maximum atomic E-state index is 13.1. The summed E-state index contributed by atoms with van der Waals surface area (Å²) in [6.45, 7) is 2.38. The van der Waals surface area contributed by atoms with Crippen LogP contribution in [0.25, 0.3) is 11.4 Å². The number of aryl methyl sites for hydroxylation is 1. The molecule has 0 aliphatic rings. The number of unbranched alkanes of at least 4 members (excludes halogenated alkanes) is 1. The second-order valence-electron chi connectivity index (χ2n) is 9.26. The molecule has 0 saturated heterocycles. The summed E-state index contributed by atoms with van der Waals surface area (Å²) in [5, 5.41) is 3.44. The summed E-state index contributed by atoms with van der Waals surface area (Å²) < 4.78 is 14.9. The van der Waals surface area contributed by atoms with Gasteiger partial charge in [0.2, 0.25) is 0 Å². The van der Waals surface area contributed by atoms with Gasteiger partial charge in [0.05, 0.1) is 11.4 Å². The van der Waals surface area contributed by atoms with E-state index in [0.717, 1.165) is 48.8 Å². The predicted octanol–water partition coefficient (Wildman–Crippen LogP) is 6.41. The standard InChI is InChI=1S/C33H33N3O3/c37-33-35(24-25-36(33)29-16-20-32(21-17-29)39-31-12-5-2-6-13-31)28-14-18-30(19-15-28)38-26-23-34-22-8-7-11-27-9-3-1-4-10-27/h1-6,9-10,12-21,24-25,34H,7-8,11,22-23,26H2. The molecule has 6 heteroatoms. The number of imidazole rings is 1. The van der Waals surface area contributed by atoms with E-state index in [1.165, 1.54) is 12.0 Å². The van der Waals surface area contributed by atoms with Crippen LogP contribution in [0.2, 0.25) is 0 Å². The van der Waals surface area contributed by atoms with Gasteiger partial charge in [-0.3, -0.25) is 9.13 Å². The molecular weight excluding hydrogens is 486 g/mol. The van der Waals surface area contributed by atoms with Gasteiger partial charge >= 0.3 is 5.69 Å². The molecule has 1 N–H and O–H groups in total. The molecular formula is C33H33N3O3. The number of benzene rings is 4. The van der Waals surface area contributed by atoms with E-state index in [0.29, 0.717) is 12.4 Å². The van der Waals surface area contributed by atoms with Crippen LogP contribution in [0.4, 0.5) is 0 Å². The van der Waals surface area contributed by atoms with Crippen molar-refractivity contribution in [3.63, 3.8) is 0 Å². The lowest BCUT2D eigenvalue weighted by Gasteiger charge is -2.09. The monoisotopic (exact) mass is 519 g/mol. The summed E-state index contributed by atoms with van der Waals surface area (Å²) in [6.07, 6.45) is 6.98. The second kappa shape index (κ2) is 13.3. The summed E-state index contributed by atoms with van der Waals surface area (Å²) in [5.74, 6) is 2.27. The van der Waals surface area contributed by atoms with Crippen molar-refractivity contribution in [3.8, 4) is 28.6 Å². The van der Waals surface area contributed by atoms with Gasteiger partial charge in [-0.2, -0.15) is 0 Å². The molecule has 0 aliphatic carbocycles. The number of nitrogens with one attached hydrogen (secondary N) is 1. The van der Waals surface area contributed by atoms with E-state index in [1.54, 1.807) is 21.5 Å². The van der Waals surface area contributed by atoms with E-state index in [2.05, 4.69) is 35.6 Å². The molecule has 0 spiro atoms. The van der Waals surface area contributed by atoms with Crippen LogP contribution in [-0.4, -0.2) is 28.8 Å². The first kappa shape index (κ1) is 26.1. The third kappa shape index (κ3) is 7.27. The number of rotatable bonds is 13. The van der Waals surface area contributed by atoms with Crippen molar-refractivity contribution in [1.29, 1.82) is 0 Å². The Hall–Kier alpha value is -4.55. The summed E-state index contributed by atoms with van der Waals surface area (Å²) in [6, 6.07) is 35.3. The summed E-state index contributed by atoms with van der Waals surface area (Å²) in [5.41, 5.74) is 2.81. The third-order valence-corrected chi connectivity index (χ3v) is 6.45. The molecule has 0 bridgehead atoms. The number of hydrogen-bond acceptors (Lipinski definition) is 4. The summed E-state index contributed by atoms with van der Waals surface area (Å²) in [4.78, 5) is 13.1. The first-order chi connectivity index (χ1) is 19.3. The van der Waals surface area contributed by atoms with Crippen molar-refractivity contribution in [2.24, 2.45) is 0 Å². The number of nitrogens with zero attached hydrogens (tertiary/aromatic N) is 2. The average Bonchev–Trinajstić information content (AvgIpc) is 3.37.